The first-order chi connectivity index (χ1) is 10.3. The van der Waals surface area contributed by atoms with Crippen molar-refractivity contribution in [2.75, 3.05) is 5.32 Å². The van der Waals surface area contributed by atoms with Gasteiger partial charge in [-0.15, -0.1) is 0 Å². The van der Waals surface area contributed by atoms with Crippen molar-refractivity contribution >= 4 is 11.6 Å². The first-order valence-electron chi connectivity index (χ1n) is 6.42. The minimum atomic E-state index is -0.206. The highest BCUT2D eigenvalue weighted by molar-refractivity contribution is 6.04. The number of nitrogens with one attached hydrogen (secondary N) is 1. The highest BCUT2D eigenvalue weighted by Gasteiger charge is 2.08. The van der Waals surface area contributed by atoms with E-state index in [9.17, 15) is 4.79 Å². The molecule has 0 radical (unpaired) electrons. The molecule has 3 heterocycles. The minimum absolute atomic E-state index is 0.206. The third-order valence-corrected chi connectivity index (χ3v) is 2.87. The van der Waals surface area contributed by atoms with Crippen LogP contribution in [0.3, 0.4) is 0 Å². The molecular weight excluding hydrogens is 264 g/mol. The van der Waals surface area contributed by atoms with E-state index in [1.807, 2.05) is 18.2 Å². The van der Waals surface area contributed by atoms with Crippen LogP contribution in [0.5, 0.6) is 0 Å². The predicted octanol–water partition coefficient (Wildman–Crippen LogP) is 2.79. The summed E-state index contributed by atoms with van der Waals surface area (Å²) in [6, 6.07) is 12.5. The Bertz CT molecular complexity index is 744. The lowest BCUT2D eigenvalue weighted by molar-refractivity contribution is 0.102. The van der Waals surface area contributed by atoms with Gasteiger partial charge in [0, 0.05) is 24.2 Å². The number of hydrogen-bond donors (Lipinski definition) is 1. The summed E-state index contributed by atoms with van der Waals surface area (Å²) in [7, 11) is 0. The lowest BCUT2D eigenvalue weighted by Crippen LogP contribution is -2.12. The number of aromatic nitrogens is 3. The minimum Gasteiger partial charge on any atom is -0.321 e. The maximum Gasteiger partial charge on any atom is 0.255 e. The Labute approximate surface area is 121 Å². The summed E-state index contributed by atoms with van der Waals surface area (Å²) in [5.74, 6) is -0.206. The van der Waals surface area contributed by atoms with E-state index in [1.165, 1.54) is 0 Å². The van der Waals surface area contributed by atoms with Gasteiger partial charge in [-0.25, -0.2) is 0 Å². The van der Waals surface area contributed by atoms with Crippen molar-refractivity contribution in [1.29, 1.82) is 0 Å². The second kappa shape index (κ2) is 5.92. The Balaban J connectivity index is 1.85. The summed E-state index contributed by atoms with van der Waals surface area (Å²) in [4.78, 5) is 24.6. The van der Waals surface area contributed by atoms with E-state index in [2.05, 4.69) is 20.3 Å². The topological polar surface area (TPSA) is 67.8 Å². The highest BCUT2D eigenvalue weighted by atomic mass is 16.1. The monoisotopic (exact) mass is 276 g/mol. The smallest absolute Gasteiger partial charge is 0.255 e. The summed E-state index contributed by atoms with van der Waals surface area (Å²) in [6.45, 7) is 0. The van der Waals surface area contributed by atoms with Gasteiger partial charge in [-0.3, -0.25) is 19.7 Å². The molecule has 5 heteroatoms. The van der Waals surface area contributed by atoms with Crippen molar-refractivity contribution in [3.8, 4) is 11.4 Å². The molecule has 0 spiro atoms. The molecule has 0 bridgehead atoms. The van der Waals surface area contributed by atoms with Crippen molar-refractivity contribution in [3.63, 3.8) is 0 Å². The quantitative estimate of drug-likeness (QED) is 0.798. The molecule has 21 heavy (non-hydrogen) atoms. The van der Waals surface area contributed by atoms with Crippen molar-refractivity contribution in [1.82, 2.24) is 15.0 Å². The fourth-order valence-corrected chi connectivity index (χ4v) is 1.87. The molecule has 102 valence electrons. The molecule has 3 aromatic rings. The van der Waals surface area contributed by atoms with E-state index in [1.54, 1.807) is 49.1 Å². The zero-order valence-electron chi connectivity index (χ0n) is 11.1. The maximum absolute atomic E-state index is 12.2. The molecule has 5 nitrogen and oxygen atoms in total. The number of carbonyl (C=O) groups is 1. The molecule has 0 aliphatic heterocycles. The van der Waals surface area contributed by atoms with Gasteiger partial charge in [0.05, 0.1) is 23.3 Å². The Morgan fingerprint density at radius 3 is 2.57 bits per heavy atom. The summed E-state index contributed by atoms with van der Waals surface area (Å²) in [6.07, 6.45) is 6.54. The molecule has 0 aromatic carbocycles. The Morgan fingerprint density at radius 2 is 1.81 bits per heavy atom. The van der Waals surface area contributed by atoms with Crippen LogP contribution in [0.4, 0.5) is 5.69 Å². The number of nitrogens with zero attached hydrogens (tertiary/aromatic N) is 3. The molecule has 0 aliphatic carbocycles. The molecule has 0 atom stereocenters. The number of rotatable bonds is 3. The van der Waals surface area contributed by atoms with Crippen LogP contribution in [0.25, 0.3) is 11.4 Å². The van der Waals surface area contributed by atoms with E-state index in [-0.39, 0.29) is 5.91 Å². The average Bonchev–Trinajstić information content (AvgIpc) is 2.57. The molecule has 1 N–H and O–H groups in total. The van der Waals surface area contributed by atoms with Gasteiger partial charge in [0.15, 0.2) is 0 Å². The Hall–Kier alpha value is -3.08. The van der Waals surface area contributed by atoms with Crippen molar-refractivity contribution in [3.05, 3.63) is 72.8 Å². The van der Waals surface area contributed by atoms with Crippen LogP contribution >= 0.6 is 0 Å². The standard InChI is InChI=1S/C16H12N4O/c21-16(20-13-4-3-7-17-11-13)12-6-9-19-15(10-12)14-5-1-2-8-18-14/h1-11H,(H,20,21). The third kappa shape index (κ3) is 3.09. The Morgan fingerprint density at radius 1 is 0.905 bits per heavy atom. The predicted molar refractivity (Wildman–Crippen MR) is 79.7 cm³/mol. The zero-order valence-corrected chi connectivity index (χ0v) is 11.1. The molecule has 0 saturated carbocycles. The van der Waals surface area contributed by atoms with Crippen LogP contribution in [0.15, 0.2) is 67.3 Å². The van der Waals surface area contributed by atoms with E-state index in [4.69, 9.17) is 0 Å². The molecule has 0 unspecified atom stereocenters. The van der Waals surface area contributed by atoms with Gasteiger partial charge in [-0.05, 0) is 36.4 Å². The summed E-state index contributed by atoms with van der Waals surface area (Å²) in [5.41, 5.74) is 2.57. The molecule has 0 fully saturated rings. The van der Waals surface area contributed by atoms with Gasteiger partial charge in [-0.2, -0.15) is 0 Å². The first kappa shape index (κ1) is 12.9. The number of anilines is 1. The van der Waals surface area contributed by atoms with Crippen LogP contribution < -0.4 is 5.32 Å². The van der Waals surface area contributed by atoms with E-state index < -0.39 is 0 Å². The van der Waals surface area contributed by atoms with E-state index >= 15 is 0 Å². The van der Waals surface area contributed by atoms with Gasteiger partial charge in [0.2, 0.25) is 0 Å². The van der Waals surface area contributed by atoms with Crippen molar-refractivity contribution in [2.45, 2.75) is 0 Å². The zero-order chi connectivity index (χ0) is 14.5. The second-order valence-corrected chi connectivity index (χ2v) is 4.34. The van der Waals surface area contributed by atoms with Crippen molar-refractivity contribution in [2.24, 2.45) is 0 Å². The first-order valence-corrected chi connectivity index (χ1v) is 6.42. The molecule has 3 rings (SSSR count). The highest BCUT2D eigenvalue weighted by Crippen LogP contribution is 2.15. The molecule has 0 aliphatic rings. The summed E-state index contributed by atoms with van der Waals surface area (Å²) >= 11 is 0. The van der Waals surface area contributed by atoms with Crippen molar-refractivity contribution < 1.29 is 4.79 Å². The Kier molecular flexibility index (Phi) is 3.64. The van der Waals surface area contributed by atoms with Gasteiger partial charge < -0.3 is 5.32 Å². The molecule has 1 amide bonds. The fourth-order valence-electron chi connectivity index (χ4n) is 1.87. The third-order valence-electron chi connectivity index (χ3n) is 2.87. The van der Waals surface area contributed by atoms with E-state index in [0.717, 1.165) is 5.69 Å². The SMILES string of the molecule is O=C(Nc1cccnc1)c1ccnc(-c2ccccn2)c1. The van der Waals surface area contributed by atoms with E-state index in [0.29, 0.717) is 16.9 Å². The lowest BCUT2D eigenvalue weighted by atomic mass is 10.1. The maximum atomic E-state index is 12.2. The van der Waals surface area contributed by atoms with Gasteiger partial charge >= 0.3 is 0 Å². The number of pyridine rings is 3. The number of hydrogen-bond acceptors (Lipinski definition) is 4. The summed E-state index contributed by atoms with van der Waals surface area (Å²) in [5, 5.41) is 2.79. The van der Waals surface area contributed by atoms with Crippen LogP contribution in [-0.4, -0.2) is 20.9 Å². The largest absolute Gasteiger partial charge is 0.321 e. The van der Waals surface area contributed by atoms with Gasteiger partial charge in [0.1, 0.15) is 0 Å². The summed E-state index contributed by atoms with van der Waals surface area (Å²) < 4.78 is 0. The normalized spacial score (nSPS) is 10.1. The van der Waals surface area contributed by atoms with Gasteiger partial charge in [-0.1, -0.05) is 6.07 Å². The molecule has 0 saturated heterocycles. The van der Waals surface area contributed by atoms with Crippen LogP contribution in [-0.2, 0) is 0 Å². The molecular formula is C16H12N4O. The number of carbonyl (C=O) groups excluding carboxylic acids is 1. The van der Waals surface area contributed by atoms with Gasteiger partial charge in [0.25, 0.3) is 5.91 Å². The molecule has 3 aromatic heterocycles. The fraction of sp³-hybridized carbons (Fsp3) is 0. The van der Waals surface area contributed by atoms with Crippen LogP contribution in [0.1, 0.15) is 10.4 Å². The number of amides is 1. The lowest BCUT2D eigenvalue weighted by Gasteiger charge is -2.06. The average molecular weight is 276 g/mol. The second-order valence-electron chi connectivity index (χ2n) is 4.34. The van der Waals surface area contributed by atoms with Crippen LogP contribution in [0, 0.1) is 0 Å². The van der Waals surface area contributed by atoms with Crippen LogP contribution in [0.2, 0.25) is 0 Å².